The molecule has 4 rings (SSSR count). The van der Waals surface area contributed by atoms with Crippen LogP contribution in [0.3, 0.4) is 0 Å². The first kappa shape index (κ1) is 16.8. The van der Waals surface area contributed by atoms with Crippen LogP contribution in [0.2, 0.25) is 0 Å². The molecule has 0 saturated carbocycles. The van der Waals surface area contributed by atoms with Crippen molar-refractivity contribution in [2.24, 2.45) is 5.73 Å². The average molecular weight is 365 g/mol. The molecule has 132 valence electrons. The molecule has 3 heterocycles. The SMILES string of the molecule is Cc1c([C@H]2CC=CC[C@@H]2N)sc2c(NCc3ccco3)nc(C#N)nc12. The van der Waals surface area contributed by atoms with Crippen molar-refractivity contribution in [3.63, 3.8) is 0 Å². The lowest BCUT2D eigenvalue weighted by atomic mass is 9.87. The molecule has 0 fully saturated rings. The van der Waals surface area contributed by atoms with Gasteiger partial charge in [-0.1, -0.05) is 12.2 Å². The molecule has 6 nitrogen and oxygen atoms in total. The third-order valence-corrected chi connectivity index (χ3v) is 6.15. The van der Waals surface area contributed by atoms with E-state index in [-0.39, 0.29) is 17.8 Å². The summed E-state index contributed by atoms with van der Waals surface area (Å²) >= 11 is 1.68. The smallest absolute Gasteiger partial charge is 0.234 e. The van der Waals surface area contributed by atoms with E-state index >= 15 is 0 Å². The lowest BCUT2D eigenvalue weighted by Crippen LogP contribution is -2.29. The second-order valence-electron chi connectivity index (χ2n) is 6.42. The molecule has 0 aliphatic heterocycles. The molecule has 0 unspecified atom stereocenters. The van der Waals surface area contributed by atoms with E-state index in [1.807, 2.05) is 12.1 Å². The summed E-state index contributed by atoms with van der Waals surface area (Å²) in [6, 6.07) is 5.91. The topological polar surface area (TPSA) is 101 Å². The zero-order valence-electron chi connectivity index (χ0n) is 14.4. The molecular weight excluding hydrogens is 346 g/mol. The minimum atomic E-state index is 0.106. The third kappa shape index (κ3) is 2.98. The first-order valence-electron chi connectivity index (χ1n) is 8.55. The number of anilines is 1. The van der Waals surface area contributed by atoms with Crippen molar-refractivity contribution < 1.29 is 4.42 Å². The van der Waals surface area contributed by atoms with E-state index in [0.29, 0.717) is 12.4 Å². The number of fused-ring (bicyclic) bond motifs is 1. The van der Waals surface area contributed by atoms with Crippen molar-refractivity contribution in [2.75, 3.05) is 5.32 Å². The second kappa shape index (κ2) is 6.90. The highest BCUT2D eigenvalue weighted by Crippen LogP contribution is 2.41. The van der Waals surface area contributed by atoms with Crippen molar-refractivity contribution in [1.82, 2.24) is 9.97 Å². The summed E-state index contributed by atoms with van der Waals surface area (Å²) in [4.78, 5) is 10.1. The van der Waals surface area contributed by atoms with Crippen LogP contribution in [0.15, 0.2) is 35.0 Å². The molecule has 0 saturated heterocycles. The quantitative estimate of drug-likeness (QED) is 0.681. The Kier molecular flexibility index (Phi) is 4.45. The van der Waals surface area contributed by atoms with Gasteiger partial charge in [0.15, 0.2) is 0 Å². The highest BCUT2D eigenvalue weighted by atomic mass is 32.1. The van der Waals surface area contributed by atoms with Crippen molar-refractivity contribution in [3.8, 4) is 6.07 Å². The van der Waals surface area contributed by atoms with Crippen LogP contribution in [0.4, 0.5) is 5.82 Å². The minimum Gasteiger partial charge on any atom is -0.467 e. The number of allylic oxidation sites excluding steroid dienone is 1. The molecule has 0 amide bonds. The average Bonchev–Trinajstić information content (AvgIpc) is 3.28. The highest BCUT2D eigenvalue weighted by molar-refractivity contribution is 7.20. The van der Waals surface area contributed by atoms with Crippen molar-refractivity contribution in [1.29, 1.82) is 5.26 Å². The van der Waals surface area contributed by atoms with E-state index in [1.165, 1.54) is 4.88 Å². The number of nitrogens with two attached hydrogens (primary N) is 1. The molecule has 3 N–H and O–H groups in total. The van der Waals surface area contributed by atoms with Gasteiger partial charge in [-0.15, -0.1) is 11.3 Å². The summed E-state index contributed by atoms with van der Waals surface area (Å²) in [5.41, 5.74) is 8.29. The van der Waals surface area contributed by atoms with Crippen LogP contribution < -0.4 is 11.1 Å². The normalized spacial score (nSPS) is 19.6. The van der Waals surface area contributed by atoms with Crippen LogP contribution >= 0.6 is 11.3 Å². The minimum absolute atomic E-state index is 0.106. The monoisotopic (exact) mass is 365 g/mol. The Balaban J connectivity index is 1.77. The molecule has 3 aromatic rings. The van der Waals surface area contributed by atoms with Gasteiger partial charge in [-0.05, 0) is 37.5 Å². The van der Waals surface area contributed by atoms with Gasteiger partial charge in [0.25, 0.3) is 0 Å². The van der Waals surface area contributed by atoms with Gasteiger partial charge < -0.3 is 15.5 Å². The van der Waals surface area contributed by atoms with Crippen molar-refractivity contribution in [2.45, 2.75) is 38.3 Å². The van der Waals surface area contributed by atoms with Gasteiger partial charge in [0.05, 0.1) is 23.0 Å². The maximum atomic E-state index is 9.32. The standard InChI is InChI=1S/C19H19N5OS/c1-11-16-18(26-17(11)13-6-2-3-7-14(13)21)19(24-15(9-20)23-16)22-10-12-5-4-8-25-12/h2-5,8,13-14H,6-7,10,21H2,1H3,(H,22,23,24)/t13-,14-/m0/s1. The van der Waals surface area contributed by atoms with Crippen LogP contribution in [0.1, 0.15) is 40.8 Å². The van der Waals surface area contributed by atoms with Gasteiger partial charge >= 0.3 is 0 Å². The summed E-state index contributed by atoms with van der Waals surface area (Å²) in [5, 5.41) is 12.6. The summed E-state index contributed by atoms with van der Waals surface area (Å²) in [6.07, 6.45) is 7.80. The summed E-state index contributed by atoms with van der Waals surface area (Å²) in [6.45, 7) is 2.56. The first-order valence-corrected chi connectivity index (χ1v) is 9.37. The van der Waals surface area contributed by atoms with Crippen molar-refractivity contribution >= 4 is 27.4 Å². The van der Waals surface area contributed by atoms with E-state index in [9.17, 15) is 5.26 Å². The predicted octanol–water partition coefficient (Wildman–Crippen LogP) is 3.84. The molecule has 0 bridgehead atoms. The number of aryl methyl sites for hydroxylation is 1. The number of hydrogen-bond acceptors (Lipinski definition) is 7. The Bertz CT molecular complexity index is 999. The third-order valence-electron chi connectivity index (χ3n) is 4.73. The number of nitrogens with one attached hydrogen (secondary N) is 1. The summed E-state index contributed by atoms with van der Waals surface area (Å²) in [7, 11) is 0. The molecule has 7 heteroatoms. The van der Waals surface area contributed by atoms with Gasteiger partial charge in [0.1, 0.15) is 17.6 Å². The predicted molar refractivity (Wildman–Crippen MR) is 102 cm³/mol. The van der Waals surface area contributed by atoms with E-state index in [2.05, 4.69) is 40.4 Å². The Morgan fingerprint density at radius 2 is 2.23 bits per heavy atom. The fourth-order valence-corrected chi connectivity index (χ4v) is 4.75. The van der Waals surface area contributed by atoms with Crippen LogP contribution in [-0.4, -0.2) is 16.0 Å². The first-order chi connectivity index (χ1) is 12.7. The van der Waals surface area contributed by atoms with Gasteiger partial charge in [-0.2, -0.15) is 5.26 Å². The molecule has 1 aliphatic carbocycles. The van der Waals surface area contributed by atoms with E-state index in [4.69, 9.17) is 10.2 Å². The van der Waals surface area contributed by atoms with Crippen LogP contribution in [0.5, 0.6) is 0 Å². The maximum absolute atomic E-state index is 9.32. The fraction of sp³-hybridized carbons (Fsp3) is 0.316. The fourth-order valence-electron chi connectivity index (χ4n) is 3.35. The maximum Gasteiger partial charge on any atom is 0.234 e. The molecule has 2 atom stereocenters. The van der Waals surface area contributed by atoms with Gasteiger partial charge in [-0.3, -0.25) is 0 Å². The number of hydrogen-bond donors (Lipinski definition) is 2. The number of nitriles is 1. The number of thiophene rings is 1. The summed E-state index contributed by atoms with van der Waals surface area (Å²) in [5.74, 6) is 1.92. The Labute approximate surface area is 155 Å². The highest BCUT2D eigenvalue weighted by Gasteiger charge is 2.26. The van der Waals surface area contributed by atoms with E-state index in [1.54, 1.807) is 17.6 Å². The van der Waals surface area contributed by atoms with Gasteiger partial charge in [-0.25, -0.2) is 9.97 Å². The zero-order chi connectivity index (χ0) is 18.1. The van der Waals surface area contributed by atoms with Gasteiger partial charge in [0, 0.05) is 16.8 Å². The molecule has 3 aromatic heterocycles. The number of furan rings is 1. The van der Waals surface area contributed by atoms with Crippen LogP contribution in [0.25, 0.3) is 10.2 Å². The Hall–Kier alpha value is -2.69. The molecular formula is C19H19N5OS. The lowest BCUT2D eigenvalue weighted by molar-refractivity contribution is 0.518. The molecule has 0 spiro atoms. The zero-order valence-corrected chi connectivity index (χ0v) is 15.2. The molecule has 26 heavy (non-hydrogen) atoms. The Morgan fingerprint density at radius 1 is 1.38 bits per heavy atom. The Morgan fingerprint density at radius 3 is 2.96 bits per heavy atom. The number of rotatable bonds is 4. The second-order valence-corrected chi connectivity index (χ2v) is 7.47. The summed E-state index contributed by atoms with van der Waals surface area (Å²) < 4.78 is 6.33. The van der Waals surface area contributed by atoms with E-state index in [0.717, 1.165) is 34.4 Å². The lowest BCUT2D eigenvalue weighted by Gasteiger charge is -2.24. The molecule has 0 aromatic carbocycles. The van der Waals surface area contributed by atoms with Gasteiger partial charge in [0.2, 0.25) is 5.82 Å². The van der Waals surface area contributed by atoms with E-state index < -0.39 is 0 Å². The molecule has 0 radical (unpaired) electrons. The number of aromatic nitrogens is 2. The van der Waals surface area contributed by atoms with Crippen LogP contribution in [-0.2, 0) is 6.54 Å². The largest absolute Gasteiger partial charge is 0.467 e. The van der Waals surface area contributed by atoms with Crippen LogP contribution in [0, 0.1) is 18.3 Å². The number of nitrogens with zero attached hydrogens (tertiary/aromatic N) is 3. The molecule has 1 aliphatic rings. The van der Waals surface area contributed by atoms with Crippen molar-refractivity contribution in [3.05, 3.63) is 52.6 Å².